The van der Waals surface area contributed by atoms with Crippen LogP contribution in [-0.4, -0.2) is 14.5 Å². The summed E-state index contributed by atoms with van der Waals surface area (Å²) in [5, 5.41) is 2.05. The fourth-order valence-electron chi connectivity index (χ4n) is 1.64. The highest BCUT2D eigenvalue weighted by Crippen LogP contribution is 2.30. The fourth-order valence-corrected chi connectivity index (χ4v) is 3.05. The number of hydrogen-bond donors (Lipinski definition) is 0. The van der Waals surface area contributed by atoms with Crippen LogP contribution in [0.4, 0.5) is 5.69 Å². The second-order valence-corrected chi connectivity index (χ2v) is 10.9. The van der Waals surface area contributed by atoms with E-state index in [1.54, 1.807) is 11.3 Å². The second-order valence-electron chi connectivity index (χ2n) is 5.46. The SMILES string of the molecule is Cc1ccc(N=Cc2cccs2)c(O[Si](C)(C)C)c1. The lowest BCUT2D eigenvalue weighted by molar-refractivity contribution is 0.558. The van der Waals surface area contributed by atoms with E-state index in [-0.39, 0.29) is 0 Å². The highest BCUT2D eigenvalue weighted by Gasteiger charge is 2.18. The van der Waals surface area contributed by atoms with Crippen LogP contribution in [0, 0.1) is 6.92 Å². The van der Waals surface area contributed by atoms with Crippen LogP contribution >= 0.6 is 11.3 Å². The Morgan fingerprint density at radius 2 is 2.00 bits per heavy atom. The molecule has 1 aromatic heterocycles. The Balaban J connectivity index is 2.29. The zero-order valence-electron chi connectivity index (χ0n) is 11.8. The van der Waals surface area contributed by atoms with E-state index in [1.807, 2.05) is 18.3 Å². The van der Waals surface area contributed by atoms with Gasteiger partial charge in [-0.1, -0.05) is 12.1 Å². The molecule has 0 aliphatic carbocycles. The molecule has 1 aromatic carbocycles. The zero-order valence-corrected chi connectivity index (χ0v) is 13.6. The van der Waals surface area contributed by atoms with Crippen molar-refractivity contribution >= 4 is 31.6 Å². The number of benzene rings is 1. The molecule has 2 aromatic rings. The van der Waals surface area contributed by atoms with Gasteiger partial charge in [-0.3, -0.25) is 4.99 Å². The molecule has 100 valence electrons. The number of thiophene rings is 1. The van der Waals surface area contributed by atoms with Crippen molar-refractivity contribution in [3.8, 4) is 5.75 Å². The minimum absolute atomic E-state index is 0.895. The van der Waals surface area contributed by atoms with Gasteiger partial charge in [0.05, 0.1) is 0 Å². The molecule has 0 atom stereocenters. The molecule has 0 aliphatic heterocycles. The topological polar surface area (TPSA) is 21.6 Å². The molecule has 0 radical (unpaired) electrons. The molecular formula is C15H19NOSSi. The normalized spacial score (nSPS) is 12.0. The molecule has 0 saturated heterocycles. The van der Waals surface area contributed by atoms with Gasteiger partial charge in [0.2, 0.25) is 8.32 Å². The third-order valence-electron chi connectivity index (χ3n) is 2.41. The summed E-state index contributed by atoms with van der Waals surface area (Å²) in [5.74, 6) is 0.895. The molecule has 0 amide bonds. The van der Waals surface area contributed by atoms with Gasteiger partial charge in [0.1, 0.15) is 11.4 Å². The van der Waals surface area contributed by atoms with Gasteiger partial charge < -0.3 is 4.43 Å². The summed E-state index contributed by atoms with van der Waals surface area (Å²) in [6.07, 6.45) is 1.90. The molecule has 0 N–H and O–H groups in total. The first-order valence-electron chi connectivity index (χ1n) is 6.31. The van der Waals surface area contributed by atoms with Crippen LogP contribution in [-0.2, 0) is 0 Å². The summed E-state index contributed by atoms with van der Waals surface area (Å²) in [5.41, 5.74) is 2.10. The number of hydrogen-bond acceptors (Lipinski definition) is 3. The van der Waals surface area contributed by atoms with E-state index in [9.17, 15) is 0 Å². The second kappa shape index (κ2) is 5.71. The maximum atomic E-state index is 6.11. The third kappa shape index (κ3) is 4.33. The smallest absolute Gasteiger partial charge is 0.242 e. The monoisotopic (exact) mass is 289 g/mol. The van der Waals surface area contributed by atoms with Crippen LogP contribution in [0.25, 0.3) is 0 Å². The van der Waals surface area contributed by atoms with Gasteiger partial charge >= 0.3 is 0 Å². The van der Waals surface area contributed by atoms with E-state index < -0.39 is 8.32 Å². The van der Waals surface area contributed by atoms with E-state index in [0.29, 0.717) is 0 Å². The quantitative estimate of drug-likeness (QED) is 0.572. The van der Waals surface area contributed by atoms with Crippen molar-refractivity contribution in [2.75, 3.05) is 0 Å². The minimum Gasteiger partial charge on any atom is -0.543 e. The van der Waals surface area contributed by atoms with Crippen LogP contribution in [0.2, 0.25) is 19.6 Å². The number of aliphatic imine (C=N–C) groups is 1. The minimum atomic E-state index is -1.62. The van der Waals surface area contributed by atoms with Gasteiger partial charge in [-0.25, -0.2) is 0 Å². The Morgan fingerprint density at radius 3 is 2.63 bits per heavy atom. The predicted octanol–water partition coefficient (Wildman–Crippen LogP) is 5.02. The maximum Gasteiger partial charge on any atom is 0.242 e. The predicted molar refractivity (Wildman–Crippen MR) is 86.7 cm³/mol. The van der Waals surface area contributed by atoms with E-state index in [2.05, 4.69) is 55.1 Å². The zero-order chi connectivity index (χ0) is 13.9. The van der Waals surface area contributed by atoms with Gasteiger partial charge in [0.15, 0.2) is 0 Å². The fraction of sp³-hybridized carbons (Fsp3) is 0.267. The summed E-state index contributed by atoms with van der Waals surface area (Å²) in [7, 11) is -1.62. The molecule has 0 bridgehead atoms. The van der Waals surface area contributed by atoms with Gasteiger partial charge in [0, 0.05) is 11.1 Å². The average Bonchev–Trinajstić information content (AvgIpc) is 2.78. The first-order chi connectivity index (χ1) is 8.94. The Hall–Kier alpha value is -1.39. The summed E-state index contributed by atoms with van der Waals surface area (Å²) >= 11 is 1.68. The van der Waals surface area contributed by atoms with Crippen molar-refractivity contribution in [3.05, 3.63) is 46.2 Å². The molecule has 2 rings (SSSR count). The number of rotatable bonds is 4. The molecule has 0 unspecified atom stereocenters. The van der Waals surface area contributed by atoms with E-state index in [0.717, 1.165) is 16.3 Å². The number of nitrogens with zero attached hydrogens (tertiary/aromatic N) is 1. The van der Waals surface area contributed by atoms with E-state index in [1.165, 1.54) is 5.56 Å². The molecule has 0 spiro atoms. The van der Waals surface area contributed by atoms with Crippen molar-refractivity contribution in [3.63, 3.8) is 0 Å². The van der Waals surface area contributed by atoms with Crippen molar-refractivity contribution in [2.24, 2.45) is 4.99 Å². The summed E-state index contributed by atoms with van der Waals surface area (Å²) in [6, 6.07) is 10.2. The highest BCUT2D eigenvalue weighted by atomic mass is 32.1. The van der Waals surface area contributed by atoms with Crippen LogP contribution in [0.3, 0.4) is 0 Å². The first kappa shape index (κ1) is 14.0. The standard InChI is InChI=1S/C15H19NOSSi/c1-12-7-8-14(15(10-12)17-19(2,3)4)16-11-13-6-5-9-18-13/h5-11H,1-4H3. The van der Waals surface area contributed by atoms with Crippen molar-refractivity contribution in [2.45, 2.75) is 26.6 Å². The largest absolute Gasteiger partial charge is 0.543 e. The lowest BCUT2D eigenvalue weighted by Gasteiger charge is -2.20. The maximum absolute atomic E-state index is 6.11. The summed E-state index contributed by atoms with van der Waals surface area (Å²) < 4.78 is 6.11. The van der Waals surface area contributed by atoms with E-state index in [4.69, 9.17) is 4.43 Å². The molecule has 19 heavy (non-hydrogen) atoms. The van der Waals surface area contributed by atoms with Crippen LogP contribution < -0.4 is 4.43 Å². The molecule has 0 aliphatic rings. The van der Waals surface area contributed by atoms with Crippen molar-refractivity contribution < 1.29 is 4.43 Å². The lowest BCUT2D eigenvalue weighted by Crippen LogP contribution is -2.29. The molecular weight excluding hydrogens is 270 g/mol. The third-order valence-corrected chi connectivity index (χ3v) is 4.04. The Labute approximate surface area is 119 Å². The molecule has 4 heteroatoms. The van der Waals surface area contributed by atoms with Crippen LogP contribution in [0.1, 0.15) is 10.4 Å². The van der Waals surface area contributed by atoms with Crippen LogP contribution in [0.15, 0.2) is 40.7 Å². The lowest BCUT2D eigenvalue weighted by atomic mass is 10.2. The van der Waals surface area contributed by atoms with Gasteiger partial charge in [0.25, 0.3) is 0 Å². The first-order valence-corrected chi connectivity index (χ1v) is 10.6. The van der Waals surface area contributed by atoms with Gasteiger partial charge in [-0.05, 0) is 55.7 Å². The van der Waals surface area contributed by atoms with Crippen molar-refractivity contribution in [1.82, 2.24) is 0 Å². The van der Waals surface area contributed by atoms with Gasteiger partial charge in [-0.15, -0.1) is 11.3 Å². The Bertz CT molecular complexity index is 570. The molecule has 1 heterocycles. The van der Waals surface area contributed by atoms with Gasteiger partial charge in [-0.2, -0.15) is 0 Å². The summed E-state index contributed by atoms with van der Waals surface area (Å²) in [4.78, 5) is 5.71. The molecule has 0 fully saturated rings. The highest BCUT2D eigenvalue weighted by molar-refractivity contribution is 7.11. The average molecular weight is 289 g/mol. The van der Waals surface area contributed by atoms with E-state index >= 15 is 0 Å². The van der Waals surface area contributed by atoms with Crippen LogP contribution in [0.5, 0.6) is 5.75 Å². The molecule has 0 saturated carbocycles. The molecule has 2 nitrogen and oxygen atoms in total. The summed E-state index contributed by atoms with van der Waals surface area (Å²) in [6.45, 7) is 8.62. The van der Waals surface area contributed by atoms with Crippen molar-refractivity contribution in [1.29, 1.82) is 0 Å². The Morgan fingerprint density at radius 1 is 1.21 bits per heavy atom. The Kier molecular flexibility index (Phi) is 4.22. The number of aryl methyl sites for hydroxylation is 1.